The largest absolute Gasteiger partial charge is 0.418 e. The molecule has 8 nitrogen and oxygen atoms in total. The van der Waals surface area contributed by atoms with Crippen LogP contribution >= 0.6 is 0 Å². The van der Waals surface area contributed by atoms with Gasteiger partial charge in [0.15, 0.2) is 11.2 Å². The number of aliphatic hydroxyl groups is 1. The van der Waals surface area contributed by atoms with E-state index in [0.29, 0.717) is 28.9 Å². The molecule has 0 amide bonds. The third-order valence-electron chi connectivity index (χ3n) is 5.91. The van der Waals surface area contributed by atoms with Crippen LogP contribution in [0, 0.1) is 0 Å². The summed E-state index contributed by atoms with van der Waals surface area (Å²) in [5.74, 6) is 1.10. The quantitative estimate of drug-likeness (QED) is 0.580. The zero-order chi connectivity index (χ0) is 21.6. The monoisotopic (exact) mass is 433 g/mol. The highest BCUT2D eigenvalue weighted by molar-refractivity contribution is 5.63. The number of imidazole rings is 1. The summed E-state index contributed by atoms with van der Waals surface area (Å²) in [6.45, 7) is 1.37. The van der Waals surface area contributed by atoms with Crippen molar-refractivity contribution < 1.29 is 18.3 Å². The van der Waals surface area contributed by atoms with Crippen molar-refractivity contribution in [2.24, 2.45) is 0 Å². The third-order valence-corrected chi connectivity index (χ3v) is 5.91. The zero-order valence-corrected chi connectivity index (χ0v) is 16.6. The van der Waals surface area contributed by atoms with Gasteiger partial charge < -0.3 is 20.6 Å². The Morgan fingerprint density at radius 1 is 1.23 bits per heavy atom. The lowest BCUT2D eigenvalue weighted by Crippen LogP contribution is -2.47. The standard InChI is InChI=1S/C20H22F3N7O/c21-20(22,23)19(31)5-7-29(12-19)18-11-30-15(9-25-17(30)10-26-18)14-2-1-3-16(28-14)27-13-4-6-24-8-13/h1-3,9-11,13,24,31H,4-8,12H2,(H,27,28)/t13-,19?/m1/s1. The number of β-amino-alcohol motifs (C(OH)–C–C–N with tert-alkyl or cyclic N) is 1. The highest BCUT2D eigenvalue weighted by atomic mass is 19.4. The Balaban J connectivity index is 1.44. The molecular weight excluding hydrogens is 411 g/mol. The average Bonchev–Trinajstić information content (AvgIpc) is 3.47. The molecule has 0 radical (unpaired) electrons. The molecule has 3 aromatic heterocycles. The first-order valence-corrected chi connectivity index (χ1v) is 10.1. The summed E-state index contributed by atoms with van der Waals surface area (Å²) in [4.78, 5) is 14.7. The number of pyridine rings is 1. The predicted octanol–water partition coefficient (Wildman–Crippen LogP) is 2.07. The normalized spacial score (nSPS) is 24.3. The molecule has 2 saturated heterocycles. The van der Waals surface area contributed by atoms with E-state index in [1.54, 1.807) is 16.8 Å². The summed E-state index contributed by atoms with van der Waals surface area (Å²) in [6.07, 6.45) is 0.770. The maximum atomic E-state index is 13.2. The molecule has 0 spiro atoms. The molecule has 1 unspecified atom stereocenters. The molecule has 164 valence electrons. The number of fused-ring (bicyclic) bond motifs is 1. The summed E-state index contributed by atoms with van der Waals surface area (Å²) >= 11 is 0. The molecule has 5 heterocycles. The fourth-order valence-corrected chi connectivity index (χ4v) is 4.10. The Morgan fingerprint density at radius 2 is 2.10 bits per heavy atom. The molecule has 11 heteroatoms. The molecule has 0 saturated carbocycles. The molecule has 2 atom stereocenters. The summed E-state index contributed by atoms with van der Waals surface area (Å²) in [5, 5.41) is 16.7. The number of nitrogens with zero attached hydrogens (tertiary/aromatic N) is 5. The fraction of sp³-hybridized carbons (Fsp3) is 0.450. The number of aromatic nitrogens is 4. The molecule has 5 rings (SSSR count). The zero-order valence-electron chi connectivity index (χ0n) is 16.6. The average molecular weight is 433 g/mol. The Hall–Kier alpha value is -2.92. The fourth-order valence-electron chi connectivity index (χ4n) is 4.10. The first kappa shape index (κ1) is 20.0. The second-order valence-corrected chi connectivity index (χ2v) is 8.06. The van der Waals surface area contributed by atoms with E-state index in [0.717, 1.165) is 25.3 Å². The molecule has 2 aliphatic heterocycles. The topological polar surface area (TPSA) is 90.6 Å². The number of halogens is 3. The molecule has 2 aliphatic rings. The van der Waals surface area contributed by atoms with Crippen LogP contribution < -0.4 is 15.5 Å². The van der Waals surface area contributed by atoms with Gasteiger partial charge in [-0.25, -0.2) is 15.0 Å². The van der Waals surface area contributed by atoms with Crippen molar-refractivity contribution in [3.63, 3.8) is 0 Å². The Bertz CT molecular complexity index is 1100. The van der Waals surface area contributed by atoms with E-state index in [4.69, 9.17) is 0 Å². The van der Waals surface area contributed by atoms with E-state index in [-0.39, 0.29) is 6.54 Å². The van der Waals surface area contributed by atoms with Gasteiger partial charge in [-0.3, -0.25) is 4.40 Å². The molecule has 0 bridgehead atoms. The van der Waals surface area contributed by atoms with Crippen LogP contribution in [-0.2, 0) is 0 Å². The predicted molar refractivity (Wildman–Crippen MR) is 109 cm³/mol. The minimum absolute atomic E-state index is 0.0611. The van der Waals surface area contributed by atoms with Gasteiger partial charge in [-0.05, 0) is 25.1 Å². The van der Waals surface area contributed by atoms with Crippen LogP contribution in [0.3, 0.4) is 0 Å². The van der Waals surface area contributed by atoms with E-state index >= 15 is 0 Å². The van der Waals surface area contributed by atoms with E-state index in [1.165, 1.54) is 11.1 Å². The van der Waals surface area contributed by atoms with Gasteiger partial charge in [-0.15, -0.1) is 0 Å². The van der Waals surface area contributed by atoms with E-state index in [1.807, 2.05) is 18.2 Å². The summed E-state index contributed by atoms with van der Waals surface area (Å²) < 4.78 is 41.3. The van der Waals surface area contributed by atoms with Crippen molar-refractivity contribution >= 4 is 17.3 Å². The van der Waals surface area contributed by atoms with E-state index < -0.39 is 24.7 Å². The Morgan fingerprint density at radius 3 is 2.84 bits per heavy atom. The molecule has 0 aromatic carbocycles. The summed E-state index contributed by atoms with van der Waals surface area (Å²) in [5.41, 5.74) is -0.770. The second kappa shape index (κ2) is 7.34. The van der Waals surface area contributed by atoms with Gasteiger partial charge in [0.25, 0.3) is 0 Å². The lowest BCUT2D eigenvalue weighted by atomic mass is 10.0. The first-order valence-electron chi connectivity index (χ1n) is 10.1. The van der Waals surface area contributed by atoms with Gasteiger partial charge >= 0.3 is 6.18 Å². The number of rotatable bonds is 4. The summed E-state index contributed by atoms with van der Waals surface area (Å²) in [6, 6.07) is 5.99. The van der Waals surface area contributed by atoms with Crippen LogP contribution in [0.1, 0.15) is 12.8 Å². The maximum Gasteiger partial charge on any atom is 0.418 e. The summed E-state index contributed by atoms with van der Waals surface area (Å²) in [7, 11) is 0. The van der Waals surface area contributed by atoms with Crippen molar-refractivity contribution in [2.75, 3.05) is 36.4 Å². The lowest BCUT2D eigenvalue weighted by Gasteiger charge is -2.26. The number of anilines is 2. The van der Waals surface area contributed by atoms with Crippen molar-refractivity contribution in [1.29, 1.82) is 0 Å². The SMILES string of the molecule is OC1(C(F)(F)F)CCN(c2cn3c(-c4cccc(N[C@@H]5CCNC5)n4)cnc3cn2)C1. The van der Waals surface area contributed by atoms with Crippen LogP contribution in [-0.4, -0.2) is 68.5 Å². The lowest BCUT2D eigenvalue weighted by molar-refractivity contribution is -0.250. The van der Waals surface area contributed by atoms with Crippen molar-refractivity contribution in [2.45, 2.75) is 30.7 Å². The number of alkyl halides is 3. The first-order chi connectivity index (χ1) is 14.8. The molecule has 3 aromatic rings. The van der Waals surface area contributed by atoms with Crippen molar-refractivity contribution in [3.05, 3.63) is 36.8 Å². The smallest absolute Gasteiger partial charge is 0.379 e. The molecule has 0 aliphatic carbocycles. The number of hydrogen-bond donors (Lipinski definition) is 3. The minimum Gasteiger partial charge on any atom is -0.379 e. The Kier molecular flexibility index (Phi) is 4.74. The van der Waals surface area contributed by atoms with Crippen LogP contribution in [0.4, 0.5) is 24.8 Å². The third kappa shape index (κ3) is 3.68. The molecule has 2 fully saturated rings. The van der Waals surface area contributed by atoms with Gasteiger partial charge in [-0.1, -0.05) is 6.07 Å². The molecule has 31 heavy (non-hydrogen) atoms. The van der Waals surface area contributed by atoms with Crippen molar-refractivity contribution in [3.8, 4) is 11.4 Å². The van der Waals surface area contributed by atoms with Gasteiger partial charge in [0.05, 0.1) is 36.5 Å². The molecular formula is C20H22F3N7O. The highest BCUT2D eigenvalue weighted by Gasteiger charge is 2.57. The number of hydrogen-bond acceptors (Lipinski definition) is 7. The second-order valence-electron chi connectivity index (χ2n) is 8.06. The van der Waals surface area contributed by atoms with Gasteiger partial charge in [0, 0.05) is 25.6 Å². The van der Waals surface area contributed by atoms with Gasteiger partial charge in [-0.2, -0.15) is 13.2 Å². The van der Waals surface area contributed by atoms with E-state index in [9.17, 15) is 18.3 Å². The van der Waals surface area contributed by atoms with Crippen LogP contribution in [0.5, 0.6) is 0 Å². The highest BCUT2D eigenvalue weighted by Crippen LogP contribution is 2.38. The van der Waals surface area contributed by atoms with Gasteiger partial charge in [0.2, 0.25) is 0 Å². The maximum absolute atomic E-state index is 13.2. The van der Waals surface area contributed by atoms with E-state index in [2.05, 4.69) is 25.6 Å². The molecule has 3 N–H and O–H groups in total. The van der Waals surface area contributed by atoms with Crippen LogP contribution in [0.25, 0.3) is 17.0 Å². The Labute approximate surface area is 176 Å². The van der Waals surface area contributed by atoms with Crippen molar-refractivity contribution in [1.82, 2.24) is 24.7 Å². The number of nitrogens with one attached hydrogen (secondary N) is 2. The van der Waals surface area contributed by atoms with Crippen LogP contribution in [0.2, 0.25) is 0 Å². The van der Waals surface area contributed by atoms with Crippen LogP contribution in [0.15, 0.2) is 36.8 Å². The minimum atomic E-state index is -4.68. The van der Waals surface area contributed by atoms with Gasteiger partial charge in [0.1, 0.15) is 11.6 Å².